The zero-order valence-electron chi connectivity index (χ0n) is 8.81. The molecule has 1 unspecified atom stereocenters. The number of nitrogens with one attached hydrogen (secondary N) is 2. The standard InChI is InChI=1S/C11H12F2N2O/c1-2-7-5-10(16)15-11-8(13)3-6(12)4-9(11)14-7/h3-4,7,14H,2,5H2,1H3,(H,15,16). The summed E-state index contributed by atoms with van der Waals surface area (Å²) in [5.41, 5.74) is 0.331. The van der Waals surface area contributed by atoms with E-state index in [0.29, 0.717) is 12.1 Å². The summed E-state index contributed by atoms with van der Waals surface area (Å²) in [4.78, 5) is 11.4. The first-order valence-electron chi connectivity index (χ1n) is 5.15. The molecule has 0 aliphatic carbocycles. The van der Waals surface area contributed by atoms with E-state index in [1.165, 1.54) is 6.07 Å². The van der Waals surface area contributed by atoms with Crippen LogP contribution in [-0.2, 0) is 4.79 Å². The highest BCUT2D eigenvalue weighted by Crippen LogP contribution is 2.30. The van der Waals surface area contributed by atoms with E-state index in [2.05, 4.69) is 10.6 Å². The molecule has 0 saturated carbocycles. The molecule has 2 N–H and O–H groups in total. The molecule has 1 aliphatic heterocycles. The summed E-state index contributed by atoms with van der Waals surface area (Å²) >= 11 is 0. The van der Waals surface area contributed by atoms with Crippen LogP contribution in [0.3, 0.4) is 0 Å². The first-order chi connectivity index (χ1) is 7.60. The van der Waals surface area contributed by atoms with Gasteiger partial charge in [0.1, 0.15) is 11.5 Å². The number of amides is 1. The summed E-state index contributed by atoms with van der Waals surface area (Å²) in [6.07, 6.45) is 0.969. The lowest BCUT2D eigenvalue weighted by Crippen LogP contribution is -2.21. The van der Waals surface area contributed by atoms with E-state index < -0.39 is 11.6 Å². The lowest BCUT2D eigenvalue weighted by atomic mass is 10.1. The normalized spacial score (nSPS) is 19.4. The Hall–Kier alpha value is -1.65. The van der Waals surface area contributed by atoms with Gasteiger partial charge in [-0.1, -0.05) is 6.92 Å². The maximum Gasteiger partial charge on any atom is 0.226 e. The van der Waals surface area contributed by atoms with Gasteiger partial charge >= 0.3 is 0 Å². The summed E-state index contributed by atoms with van der Waals surface area (Å²) in [7, 11) is 0. The number of anilines is 2. The molecule has 0 radical (unpaired) electrons. The number of carbonyl (C=O) groups excluding carboxylic acids is 1. The van der Waals surface area contributed by atoms with Crippen molar-refractivity contribution in [3.05, 3.63) is 23.8 Å². The molecule has 1 aromatic carbocycles. The fourth-order valence-electron chi connectivity index (χ4n) is 1.75. The van der Waals surface area contributed by atoms with Gasteiger partial charge in [0, 0.05) is 18.5 Å². The van der Waals surface area contributed by atoms with Crippen molar-refractivity contribution in [3.63, 3.8) is 0 Å². The topological polar surface area (TPSA) is 41.1 Å². The Bertz CT molecular complexity index is 434. The fraction of sp³-hybridized carbons (Fsp3) is 0.364. The van der Waals surface area contributed by atoms with Gasteiger partial charge in [-0.15, -0.1) is 0 Å². The van der Waals surface area contributed by atoms with Crippen molar-refractivity contribution in [1.29, 1.82) is 0 Å². The summed E-state index contributed by atoms with van der Waals surface area (Å²) < 4.78 is 26.4. The Balaban J connectivity index is 2.45. The summed E-state index contributed by atoms with van der Waals surface area (Å²) in [6, 6.07) is 1.85. The fourth-order valence-corrected chi connectivity index (χ4v) is 1.75. The molecule has 0 spiro atoms. The van der Waals surface area contributed by atoms with Crippen LogP contribution in [-0.4, -0.2) is 11.9 Å². The quantitative estimate of drug-likeness (QED) is 0.772. The van der Waals surface area contributed by atoms with Gasteiger partial charge < -0.3 is 10.6 Å². The average molecular weight is 226 g/mol. The van der Waals surface area contributed by atoms with Crippen molar-refractivity contribution >= 4 is 17.3 Å². The third kappa shape index (κ3) is 1.98. The van der Waals surface area contributed by atoms with Gasteiger partial charge in [0.2, 0.25) is 5.91 Å². The first-order valence-corrected chi connectivity index (χ1v) is 5.15. The number of fused-ring (bicyclic) bond motifs is 1. The van der Waals surface area contributed by atoms with Crippen LogP contribution in [0.25, 0.3) is 0 Å². The number of benzene rings is 1. The number of carbonyl (C=O) groups is 1. The van der Waals surface area contributed by atoms with E-state index >= 15 is 0 Å². The largest absolute Gasteiger partial charge is 0.380 e. The molecule has 5 heteroatoms. The van der Waals surface area contributed by atoms with Crippen LogP contribution < -0.4 is 10.6 Å². The second-order valence-corrected chi connectivity index (χ2v) is 3.81. The number of rotatable bonds is 1. The molecule has 16 heavy (non-hydrogen) atoms. The van der Waals surface area contributed by atoms with Crippen LogP contribution in [0.5, 0.6) is 0 Å². The minimum atomic E-state index is -0.757. The van der Waals surface area contributed by atoms with E-state index in [1.807, 2.05) is 6.92 Å². The number of hydrogen-bond acceptors (Lipinski definition) is 2. The summed E-state index contributed by atoms with van der Waals surface area (Å²) in [6.45, 7) is 1.91. The molecule has 1 amide bonds. The zero-order valence-corrected chi connectivity index (χ0v) is 8.81. The molecule has 0 saturated heterocycles. The second kappa shape index (κ2) is 4.08. The maximum absolute atomic E-state index is 13.4. The van der Waals surface area contributed by atoms with Crippen molar-refractivity contribution in [2.45, 2.75) is 25.8 Å². The molecule has 2 rings (SSSR count). The van der Waals surface area contributed by atoms with Gasteiger partial charge in [-0.3, -0.25) is 4.79 Å². The van der Waals surface area contributed by atoms with Crippen molar-refractivity contribution < 1.29 is 13.6 Å². The van der Waals surface area contributed by atoms with Crippen LogP contribution in [0.1, 0.15) is 19.8 Å². The highest BCUT2D eigenvalue weighted by atomic mass is 19.1. The van der Waals surface area contributed by atoms with Crippen molar-refractivity contribution in [2.75, 3.05) is 10.6 Å². The number of halogens is 2. The molecule has 1 heterocycles. The predicted molar refractivity (Wildman–Crippen MR) is 57.3 cm³/mol. The molecule has 1 aliphatic rings. The molecule has 1 atom stereocenters. The molecular formula is C11H12F2N2O. The van der Waals surface area contributed by atoms with E-state index in [-0.39, 0.29) is 24.1 Å². The van der Waals surface area contributed by atoms with Gasteiger partial charge in [-0.2, -0.15) is 0 Å². The third-order valence-electron chi connectivity index (χ3n) is 2.60. The highest BCUT2D eigenvalue weighted by molar-refractivity contribution is 5.96. The average Bonchev–Trinajstić information content (AvgIpc) is 2.37. The predicted octanol–water partition coefficient (Wildman–Crippen LogP) is 2.50. The Morgan fingerprint density at radius 1 is 1.44 bits per heavy atom. The van der Waals surface area contributed by atoms with Gasteiger partial charge in [-0.25, -0.2) is 8.78 Å². The van der Waals surface area contributed by atoms with E-state index in [0.717, 1.165) is 6.07 Å². The molecule has 1 aromatic rings. The van der Waals surface area contributed by atoms with Gasteiger partial charge in [-0.05, 0) is 12.5 Å². The lowest BCUT2D eigenvalue weighted by molar-refractivity contribution is -0.116. The second-order valence-electron chi connectivity index (χ2n) is 3.81. The molecule has 0 aromatic heterocycles. The zero-order chi connectivity index (χ0) is 11.7. The first kappa shape index (κ1) is 10.9. The van der Waals surface area contributed by atoms with Crippen molar-refractivity contribution in [1.82, 2.24) is 0 Å². The van der Waals surface area contributed by atoms with Crippen LogP contribution >= 0.6 is 0 Å². The van der Waals surface area contributed by atoms with E-state index in [4.69, 9.17) is 0 Å². The van der Waals surface area contributed by atoms with Crippen LogP contribution in [0.2, 0.25) is 0 Å². The minimum absolute atomic E-state index is 0.0300. The number of hydrogen-bond donors (Lipinski definition) is 2. The highest BCUT2D eigenvalue weighted by Gasteiger charge is 2.22. The minimum Gasteiger partial charge on any atom is -0.380 e. The van der Waals surface area contributed by atoms with Gasteiger partial charge in [0.05, 0.1) is 5.69 Å². The molecular weight excluding hydrogens is 214 g/mol. The van der Waals surface area contributed by atoms with Gasteiger partial charge in [0.25, 0.3) is 0 Å². The SMILES string of the molecule is CCC1CC(=O)Nc2c(F)cc(F)cc2N1. The molecule has 0 bridgehead atoms. The van der Waals surface area contributed by atoms with E-state index in [1.54, 1.807) is 0 Å². The van der Waals surface area contributed by atoms with Crippen molar-refractivity contribution in [2.24, 2.45) is 0 Å². The Kier molecular flexibility index (Phi) is 2.77. The Morgan fingerprint density at radius 2 is 2.19 bits per heavy atom. The lowest BCUT2D eigenvalue weighted by Gasteiger charge is -2.14. The Morgan fingerprint density at radius 3 is 2.88 bits per heavy atom. The summed E-state index contributed by atoms with van der Waals surface area (Å²) in [5.74, 6) is -1.68. The van der Waals surface area contributed by atoms with Crippen molar-refractivity contribution in [3.8, 4) is 0 Å². The molecule has 86 valence electrons. The van der Waals surface area contributed by atoms with Gasteiger partial charge in [0.15, 0.2) is 5.82 Å². The van der Waals surface area contributed by atoms with Crippen LogP contribution in [0.15, 0.2) is 12.1 Å². The smallest absolute Gasteiger partial charge is 0.226 e. The Labute approximate surface area is 91.8 Å². The molecule has 3 nitrogen and oxygen atoms in total. The summed E-state index contributed by atoms with van der Waals surface area (Å²) in [5, 5.41) is 5.40. The van der Waals surface area contributed by atoms with E-state index in [9.17, 15) is 13.6 Å². The molecule has 0 fully saturated rings. The maximum atomic E-state index is 13.4. The third-order valence-corrected chi connectivity index (χ3v) is 2.60. The van der Waals surface area contributed by atoms with Crippen LogP contribution in [0, 0.1) is 11.6 Å². The monoisotopic (exact) mass is 226 g/mol. The van der Waals surface area contributed by atoms with Crippen LogP contribution in [0.4, 0.5) is 20.2 Å².